The van der Waals surface area contributed by atoms with Crippen molar-refractivity contribution in [3.05, 3.63) is 27.2 Å². The van der Waals surface area contributed by atoms with Crippen LogP contribution in [0.3, 0.4) is 0 Å². The second kappa shape index (κ2) is 3.87. The van der Waals surface area contributed by atoms with Crippen LogP contribution in [0, 0.1) is 5.92 Å². The molecule has 0 atom stereocenters. The van der Waals surface area contributed by atoms with E-state index < -0.39 is 0 Å². The summed E-state index contributed by atoms with van der Waals surface area (Å²) in [5, 5.41) is 0. The molecule has 90 valence electrons. The minimum Gasteiger partial charge on any atom is -0.339 e. The van der Waals surface area contributed by atoms with Crippen LogP contribution in [0.2, 0.25) is 0 Å². The Kier molecular flexibility index (Phi) is 2.35. The van der Waals surface area contributed by atoms with Gasteiger partial charge in [0.25, 0.3) is 5.56 Å². The second-order valence-corrected chi connectivity index (χ2v) is 4.62. The first-order valence-corrected chi connectivity index (χ1v) is 5.92. The van der Waals surface area contributed by atoms with Crippen LogP contribution in [-0.2, 0) is 6.54 Å². The Hall–Kier alpha value is -1.85. The molecular formula is C11H14N4O2. The highest BCUT2D eigenvalue weighted by Crippen LogP contribution is 2.25. The number of rotatable bonds is 2. The number of nitrogens with one attached hydrogen (secondary N) is 2. The fourth-order valence-corrected chi connectivity index (χ4v) is 2.56. The van der Waals surface area contributed by atoms with Crippen molar-refractivity contribution in [2.75, 3.05) is 0 Å². The van der Waals surface area contributed by atoms with Crippen molar-refractivity contribution < 1.29 is 0 Å². The van der Waals surface area contributed by atoms with Crippen molar-refractivity contribution >= 4 is 11.2 Å². The molecule has 0 radical (unpaired) electrons. The normalized spacial score (nSPS) is 16.9. The van der Waals surface area contributed by atoms with Gasteiger partial charge < -0.3 is 4.98 Å². The molecule has 0 aromatic carbocycles. The summed E-state index contributed by atoms with van der Waals surface area (Å²) in [5.74, 6) is 0.453. The van der Waals surface area contributed by atoms with Gasteiger partial charge in [-0.25, -0.2) is 9.78 Å². The maximum atomic E-state index is 12.1. The third kappa shape index (κ3) is 1.69. The molecule has 0 aliphatic heterocycles. The van der Waals surface area contributed by atoms with Gasteiger partial charge in [-0.05, 0) is 18.8 Å². The molecule has 0 saturated heterocycles. The quantitative estimate of drug-likeness (QED) is 0.798. The van der Waals surface area contributed by atoms with Crippen LogP contribution in [0.5, 0.6) is 0 Å². The van der Waals surface area contributed by atoms with Gasteiger partial charge in [-0.2, -0.15) is 0 Å². The van der Waals surface area contributed by atoms with E-state index in [0.717, 1.165) is 12.8 Å². The van der Waals surface area contributed by atoms with Crippen LogP contribution < -0.4 is 11.2 Å². The summed E-state index contributed by atoms with van der Waals surface area (Å²) in [6.07, 6.45) is 6.02. The molecule has 1 fully saturated rings. The summed E-state index contributed by atoms with van der Waals surface area (Å²) in [4.78, 5) is 33.1. The standard InChI is InChI=1S/C11H14N4O2/c16-10-8-9(13-6-12-8)14-11(17)15(10)5-7-3-1-2-4-7/h6-7H,1-5H2,(H,12,13)(H,14,17). The minimum atomic E-state index is -0.360. The lowest BCUT2D eigenvalue weighted by Gasteiger charge is -2.09. The third-order valence-electron chi connectivity index (χ3n) is 3.48. The Balaban J connectivity index is 2.08. The van der Waals surface area contributed by atoms with Crippen LogP contribution in [-0.4, -0.2) is 19.5 Å². The van der Waals surface area contributed by atoms with E-state index in [1.54, 1.807) is 0 Å². The molecular weight excluding hydrogens is 220 g/mol. The molecule has 2 heterocycles. The summed E-state index contributed by atoms with van der Waals surface area (Å²) in [5.41, 5.74) is 0.0833. The van der Waals surface area contributed by atoms with E-state index in [0.29, 0.717) is 23.6 Å². The van der Waals surface area contributed by atoms with Crippen LogP contribution in [0.25, 0.3) is 11.2 Å². The summed E-state index contributed by atoms with van der Waals surface area (Å²) in [6, 6.07) is 0. The zero-order chi connectivity index (χ0) is 11.8. The largest absolute Gasteiger partial charge is 0.339 e. The van der Waals surface area contributed by atoms with Gasteiger partial charge in [0.2, 0.25) is 0 Å². The lowest BCUT2D eigenvalue weighted by molar-refractivity contribution is 0.438. The molecule has 6 heteroatoms. The highest BCUT2D eigenvalue weighted by molar-refractivity contribution is 5.67. The molecule has 2 aromatic rings. The average Bonchev–Trinajstić information content (AvgIpc) is 2.94. The van der Waals surface area contributed by atoms with E-state index in [4.69, 9.17) is 0 Å². The number of nitrogens with zero attached hydrogens (tertiary/aromatic N) is 2. The van der Waals surface area contributed by atoms with Gasteiger partial charge in [-0.3, -0.25) is 14.3 Å². The molecule has 1 saturated carbocycles. The van der Waals surface area contributed by atoms with Crippen molar-refractivity contribution in [2.45, 2.75) is 32.2 Å². The fraction of sp³-hybridized carbons (Fsp3) is 0.545. The number of aromatic nitrogens is 4. The zero-order valence-electron chi connectivity index (χ0n) is 9.40. The molecule has 0 unspecified atom stereocenters. The highest BCUT2D eigenvalue weighted by atomic mass is 16.2. The molecule has 0 bridgehead atoms. The molecule has 0 amide bonds. The predicted molar refractivity (Wildman–Crippen MR) is 62.9 cm³/mol. The Morgan fingerprint density at radius 3 is 2.88 bits per heavy atom. The number of hydrogen-bond acceptors (Lipinski definition) is 3. The monoisotopic (exact) mass is 234 g/mol. The molecule has 1 aliphatic carbocycles. The van der Waals surface area contributed by atoms with Gasteiger partial charge in [0.1, 0.15) is 5.52 Å². The first-order valence-electron chi connectivity index (χ1n) is 5.92. The van der Waals surface area contributed by atoms with Crippen molar-refractivity contribution in [1.82, 2.24) is 19.5 Å². The van der Waals surface area contributed by atoms with Gasteiger partial charge in [0, 0.05) is 6.54 Å². The predicted octanol–water partition coefficient (Wildman–Crippen LogP) is 0.603. The number of hydrogen-bond donors (Lipinski definition) is 2. The van der Waals surface area contributed by atoms with Gasteiger partial charge >= 0.3 is 5.69 Å². The first-order chi connectivity index (χ1) is 8.25. The average molecular weight is 234 g/mol. The van der Waals surface area contributed by atoms with Gasteiger partial charge in [0.05, 0.1) is 6.33 Å². The SMILES string of the molecule is O=c1[nH]c2nc[nH]c2c(=O)n1CC1CCCC1. The summed E-state index contributed by atoms with van der Waals surface area (Å²) < 4.78 is 1.29. The van der Waals surface area contributed by atoms with Gasteiger partial charge in [-0.1, -0.05) is 12.8 Å². The lowest BCUT2D eigenvalue weighted by atomic mass is 10.1. The molecule has 3 rings (SSSR count). The molecule has 2 aromatic heterocycles. The number of H-pyrrole nitrogens is 2. The lowest BCUT2D eigenvalue weighted by Crippen LogP contribution is -2.36. The summed E-state index contributed by atoms with van der Waals surface area (Å²) in [6.45, 7) is 0.517. The summed E-state index contributed by atoms with van der Waals surface area (Å²) >= 11 is 0. The van der Waals surface area contributed by atoms with Crippen LogP contribution in [0.15, 0.2) is 15.9 Å². The molecule has 17 heavy (non-hydrogen) atoms. The van der Waals surface area contributed by atoms with Crippen molar-refractivity contribution in [1.29, 1.82) is 0 Å². The topological polar surface area (TPSA) is 83.5 Å². The molecule has 0 spiro atoms. The smallest absolute Gasteiger partial charge is 0.330 e. The van der Waals surface area contributed by atoms with E-state index in [1.165, 1.54) is 23.7 Å². The highest BCUT2D eigenvalue weighted by Gasteiger charge is 2.18. The number of fused-ring (bicyclic) bond motifs is 1. The second-order valence-electron chi connectivity index (χ2n) is 4.62. The molecule has 6 nitrogen and oxygen atoms in total. The van der Waals surface area contributed by atoms with Crippen molar-refractivity contribution in [2.24, 2.45) is 5.92 Å². The fourth-order valence-electron chi connectivity index (χ4n) is 2.56. The minimum absolute atomic E-state index is 0.270. The zero-order valence-corrected chi connectivity index (χ0v) is 9.40. The Morgan fingerprint density at radius 2 is 2.12 bits per heavy atom. The summed E-state index contributed by atoms with van der Waals surface area (Å²) in [7, 11) is 0. The van der Waals surface area contributed by atoms with Gasteiger partial charge in [-0.15, -0.1) is 0 Å². The van der Waals surface area contributed by atoms with E-state index in [9.17, 15) is 9.59 Å². The van der Waals surface area contributed by atoms with E-state index in [-0.39, 0.29) is 11.2 Å². The van der Waals surface area contributed by atoms with Crippen LogP contribution >= 0.6 is 0 Å². The Labute approximate surface area is 96.7 Å². The van der Waals surface area contributed by atoms with Crippen molar-refractivity contribution in [3.8, 4) is 0 Å². The van der Waals surface area contributed by atoms with Crippen LogP contribution in [0.1, 0.15) is 25.7 Å². The van der Waals surface area contributed by atoms with E-state index in [1.807, 2.05) is 0 Å². The Bertz CT molecular complexity index is 645. The maximum absolute atomic E-state index is 12.1. The first kappa shape index (κ1) is 10.3. The van der Waals surface area contributed by atoms with E-state index in [2.05, 4.69) is 15.0 Å². The molecule has 1 aliphatic rings. The maximum Gasteiger partial charge on any atom is 0.330 e. The van der Waals surface area contributed by atoms with Gasteiger partial charge in [0.15, 0.2) is 5.65 Å². The van der Waals surface area contributed by atoms with E-state index >= 15 is 0 Å². The number of aromatic amines is 2. The van der Waals surface area contributed by atoms with Crippen molar-refractivity contribution in [3.63, 3.8) is 0 Å². The third-order valence-corrected chi connectivity index (χ3v) is 3.48. The Morgan fingerprint density at radius 1 is 1.35 bits per heavy atom. The number of imidazole rings is 1. The molecule has 2 N–H and O–H groups in total. The van der Waals surface area contributed by atoms with Crippen LogP contribution in [0.4, 0.5) is 0 Å².